The molecule has 0 saturated heterocycles. The lowest BCUT2D eigenvalue weighted by Crippen LogP contribution is -2.26. The molecule has 24 heavy (non-hydrogen) atoms. The summed E-state index contributed by atoms with van der Waals surface area (Å²) in [7, 11) is 0. The molecule has 0 atom stereocenters. The van der Waals surface area contributed by atoms with Crippen molar-refractivity contribution in [1.29, 1.82) is 0 Å². The van der Waals surface area contributed by atoms with Crippen molar-refractivity contribution in [3.05, 3.63) is 79.7 Å². The van der Waals surface area contributed by atoms with Gasteiger partial charge in [0.2, 0.25) is 0 Å². The molecule has 3 rings (SSSR count). The number of nitrogens with one attached hydrogen (secondary N) is 1. The molecule has 7 heteroatoms. The maximum Gasteiger partial charge on any atom is 0.261 e. The predicted octanol–water partition coefficient (Wildman–Crippen LogP) is 1.28. The lowest BCUT2D eigenvalue weighted by Gasteiger charge is -2.10. The van der Waals surface area contributed by atoms with Gasteiger partial charge in [-0.2, -0.15) is 0 Å². The van der Waals surface area contributed by atoms with Gasteiger partial charge < -0.3 is 15.3 Å². The molecule has 0 fully saturated rings. The van der Waals surface area contributed by atoms with E-state index in [2.05, 4.69) is 4.98 Å². The molecule has 3 aromatic rings. The largest absolute Gasteiger partial charge is 0.365 e. The van der Waals surface area contributed by atoms with Gasteiger partial charge in [0.05, 0.1) is 17.4 Å². The fourth-order valence-corrected chi connectivity index (χ4v) is 2.54. The Hall–Kier alpha value is -3.22. The van der Waals surface area contributed by atoms with Crippen LogP contribution in [0.2, 0.25) is 0 Å². The SMILES string of the molecule is Cc1ccc(F)cc1Cn1ccc2[nH]c(=O)c(C(N)=O)cc2c1=O. The minimum absolute atomic E-state index is 0.167. The number of primary amides is 1. The molecule has 0 saturated carbocycles. The van der Waals surface area contributed by atoms with Crippen molar-refractivity contribution >= 4 is 16.8 Å². The van der Waals surface area contributed by atoms with Crippen molar-refractivity contribution < 1.29 is 9.18 Å². The van der Waals surface area contributed by atoms with Crippen molar-refractivity contribution in [3.63, 3.8) is 0 Å². The van der Waals surface area contributed by atoms with Crippen LogP contribution in [0.1, 0.15) is 21.5 Å². The predicted molar refractivity (Wildman–Crippen MR) is 87.6 cm³/mol. The molecule has 2 aromatic heterocycles. The van der Waals surface area contributed by atoms with Crippen molar-refractivity contribution in [2.24, 2.45) is 5.73 Å². The molecular weight excluding hydrogens is 313 g/mol. The topological polar surface area (TPSA) is 97.9 Å². The smallest absolute Gasteiger partial charge is 0.261 e. The van der Waals surface area contributed by atoms with Gasteiger partial charge >= 0.3 is 0 Å². The second-order valence-electron chi connectivity index (χ2n) is 5.52. The third kappa shape index (κ3) is 2.71. The average molecular weight is 327 g/mol. The molecule has 0 aliphatic heterocycles. The number of carbonyl (C=O) groups excluding carboxylic acids is 1. The van der Waals surface area contributed by atoms with Crippen LogP contribution in [0.25, 0.3) is 10.9 Å². The van der Waals surface area contributed by atoms with E-state index in [9.17, 15) is 18.8 Å². The normalized spacial score (nSPS) is 10.9. The Bertz CT molecular complexity index is 1080. The Kier molecular flexibility index (Phi) is 3.76. The molecule has 0 aliphatic carbocycles. The number of carbonyl (C=O) groups is 1. The molecule has 0 radical (unpaired) electrons. The number of amides is 1. The fraction of sp³-hybridized carbons (Fsp3) is 0.118. The Morgan fingerprint density at radius 1 is 1.25 bits per heavy atom. The summed E-state index contributed by atoms with van der Waals surface area (Å²) in [6.07, 6.45) is 1.51. The van der Waals surface area contributed by atoms with E-state index < -0.39 is 17.0 Å². The zero-order chi connectivity index (χ0) is 17.4. The van der Waals surface area contributed by atoms with Gasteiger partial charge in [0.1, 0.15) is 11.4 Å². The molecule has 1 aromatic carbocycles. The molecule has 1 amide bonds. The number of benzene rings is 1. The Morgan fingerprint density at radius 2 is 2.00 bits per heavy atom. The van der Waals surface area contributed by atoms with Gasteiger partial charge in [0.15, 0.2) is 0 Å². The molecule has 2 heterocycles. The molecule has 0 unspecified atom stereocenters. The number of pyridine rings is 2. The highest BCUT2D eigenvalue weighted by molar-refractivity contribution is 5.95. The highest BCUT2D eigenvalue weighted by Gasteiger charge is 2.12. The molecule has 3 N–H and O–H groups in total. The molecule has 0 spiro atoms. The van der Waals surface area contributed by atoms with Crippen molar-refractivity contribution in [2.75, 3.05) is 0 Å². The van der Waals surface area contributed by atoms with E-state index in [4.69, 9.17) is 5.73 Å². The van der Waals surface area contributed by atoms with Crippen molar-refractivity contribution in [1.82, 2.24) is 9.55 Å². The van der Waals surface area contributed by atoms with E-state index in [-0.39, 0.29) is 23.3 Å². The van der Waals surface area contributed by atoms with Crippen LogP contribution in [0.15, 0.2) is 46.1 Å². The van der Waals surface area contributed by atoms with Gasteiger partial charge in [-0.1, -0.05) is 6.07 Å². The van der Waals surface area contributed by atoms with Crippen LogP contribution in [-0.2, 0) is 6.54 Å². The minimum Gasteiger partial charge on any atom is -0.365 e. The Balaban J connectivity index is 2.16. The molecule has 0 aliphatic rings. The number of aromatic nitrogens is 2. The molecule has 0 bridgehead atoms. The van der Waals surface area contributed by atoms with Crippen LogP contribution in [0.4, 0.5) is 4.39 Å². The van der Waals surface area contributed by atoms with E-state index in [1.165, 1.54) is 29.0 Å². The first-order valence-corrected chi connectivity index (χ1v) is 7.18. The second-order valence-corrected chi connectivity index (χ2v) is 5.52. The summed E-state index contributed by atoms with van der Waals surface area (Å²) in [6.45, 7) is 1.99. The number of aromatic amines is 1. The van der Waals surface area contributed by atoms with E-state index >= 15 is 0 Å². The number of fused-ring (bicyclic) bond motifs is 1. The molecular formula is C17H14FN3O3. The van der Waals surface area contributed by atoms with E-state index in [1.807, 2.05) is 6.92 Å². The number of H-pyrrole nitrogens is 1. The number of hydrogen-bond donors (Lipinski definition) is 2. The van der Waals surface area contributed by atoms with Gasteiger partial charge in [0, 0.05) is 6.20 Å². The number of rotatable bonds is 3. The molecule has 6 nitrogen and oxygen atoms in total. The summed E-state index contributed by atoms with van der Waals surface area (Å²) in [5, 5.41) is 0.167. The summed E-state index contributed by atoms with van der Waals surface area (Å²) >= 11 is 0. The maximum absolute atomic E-state index is 13.4. The van der Waals surface area contributed by atoms with Gasteiger partial charge in [0.25, 0.3) is 17.0 Å². The van der Waals surface area contributed by atoms with Crippen LogP contribution in [0.3, 0.4) is 0 Å². The van der Waals surface area contributed by atoms with Crippen LogP contribution in [0, 0.1) is 12.7 Å². The fourth-order valence-electron chi connectivity index (χ4n) is 2.54. The highest BCUT2D eigenvalue weighted by atomic mass is 19.1. The lowest BCUT2D eigenvalue weighted by molar-refractivity contribution is 0.0999. The van der Waals surface area contributed by atoms with E-state index in [0.717, 1.165) is 5.56 Å². The van der Waals surface area contributed by atoms with Gasteiger partial charge in [-0.05, 0) is 42.3 Å². The van der Waals surface area contributed by atoms with Crippen molar-refractivity contribution in [2.45, 2.75) is 13.5 Å². The summed E-state index contributed by atoms with van der Waals surface area (Å²) < 4.78 is 14.8. The summed E-state index contributed by atoms with van der Waals surface area (Å²) in [6, 6.07) is 7.10. The van der Waals surface area contributed by atoms with Crippen LogP contribution < -0.4 is 16.9 Å². The number of nitrogens with two attached hydrogens (primary N) is 1. The quantitative estimate of drug-likeness (QED) is 0.758. The Morgan fingerprint density at radius 3 is 2.71 bits per heavy atom. The van der Waals surface area contributed by atoms with E-state index in [0.29, 0.717) is 11.1 Å². The summed E-state index contributed by atoms with van der Waals surface area (Å²) in [4.78, 5) is 38.1. The third-order valence-corrected chi connectivity index (χ3v) is 3.90. The number of aryl methyl sites for hydroxylation is 1. The number of halogens is 1. The van der Waals surface area contributed by atoms with Crippen molar-refractivity contribution in [3.8, 4) is 0 Å². The van der Waals surface area contributed by atoms with E-state index in [1.54, 1.807) is 12.1 Å². The standard InChI is InChI=1S/C17H14FN3O3/c1-9-2-3-11(18)6-10(9)8-21-5-4-14-12(17(21)24)7-13(15(19)22)16(23)20-14/h2-7H,8H2,1H3,(H2,19,22)(H,20,23). The second kappa shape index (κ2) is 5.77. The summed E-state index contributed by atoms with van der Waals surface area (Å²) in [5.41, 5.74) is 5.63. The zero-order valence-electron chi connectivity index (χ0n) is 12.8. The van der Waals surface area contributed by atoms with Crippen LogP contribution >= 0.6 is 0 Å². The molecule has 122 valence electrons. The van der Waals surface area contributed by atoms with Crippen LogP contribution in [0.5, 0.6) is 0 Å². The minimum atomic E-state index is -0.908. The first-order chi connectivity index (χ1) is 11.4. The van der Waals surface area contributed by atoms with Gasteiger partial charge in [-0.3, -0.25) is 14.4 Å². The third-order valence-electron chi connectivity index (χ3n) is 3.90. The first kappa shape index (κ1) is 15.7. The highest BCUT2D eigenvalue weighted by Crippen LogP contribution is 2.12. The Labute approximate surface area is 135 Å². The lowest BCUT2D eigenvalue weighted by atomic mass is 10.1. The monoisotopic (exact) mass is 327 g/mol. The summed E-state index contributed by atoms with van der Waals surface area (Å²) in [5.74, 6) is -1.29. The van der Waals surface area contributed by atoms with Gasteiger partial charge in [-0.15, -0.1) is 0 Å². The van der Waals surface area contributed by atoms with Crippen LogP contribution in [-0.4, -0.2) is 15.5 Å². The maximum atomic E-state index is 13.4. The average Bonchev–Trinajstić information content (AvgIpc) is 2.53. The zero-order valence-corrected chi connectivity index (χ0v) is 12.8. The number of hydrogen-bond acceptors (Lipinski definition) is 3. The number of nitrogens with zero attached hydrogens (tertiary/aromatic N) is 1. The van der Waals surface area contributed by atoms with Gasteiger partial charge in [-0.25, -0.2) is 4.39 Å². The first-order valence-electron chi connectivity index (χ1n) is 7.18.